The maximum Gasteiger partial charge on any atom is 3.00 e. The Labute approximate surface area is 247 Å². The predicted molar refractivity (Wildman–Crippen MR) is 14.9 cm³/mol. The monoisotopic (exact) mass is 986 g/mol. The minimum absolute atomic E-state index is 0. The van der Waals surface area contributed by atoms with Crippen LogP contribution in [0, 0.1) is 0 Å². The molecule has 0 rings (SSSR count). The summed E-state index contributed by atoms with van der Waals surface area (Å²) in [4.78, 5) is 0. The maximum atomic E-state index is 8.58. The van der Waals surface area contributed by atoms with Gasteiger partial charge in [-0.3, -0.25) is 0 Å². The molecule has 24 heteroatoms. The van der Waals surface area contributed by atoms with Gasteiger partial charge in [0.15, 0.2) is 0 Å². The van der Waals surface area contributed by atoms with Crippen molar-refractivity contribution >= 4 is 54.6 Å². The molecule has 15 nitrogen and oxygen atoms in total. The van der Waals surface area contributed by atoms with Crippen LogP contribution in [0.3, 0.4) is 0 Å². The topological polar surface area (TPSA) is 316 Å². The first-order valence-corrected chi connectivity index (χ1v) is 12.6. The van der Waals surface area contributed by atoms with Crippen molar-refractivity contribution in [2.75, 3.05) is 0 Å². The summed E-state index contributed by atoms with van der Waals surface area (Å²) < 4.78 is 129. The summed E-state index contributed by atoms with van der Waals surface area (Å²) in [5.74, 6) is 0. The van der Waals surface area contributed by atoms with Crippen molar-refractivity contribution < 1.29 is 198 Å². The summed E-state index contributed by atoms with van der Waals surface area (Å²) >= 11 is -20.4. The molecule has 0 spiro atoms. The van der Waals surface area contributed by atoms with Crippen LogP contribution in [0.5, 0.6) is 0 Å². The van der Waals surface area contributed by atoms with E-state index in [1.54, 1.807) is 0 Å². The van der Waals surface area contributed by atoms with Gasteiger partial charge in [0.05, 0.1) is 0 Å². The van der Waals surface area contributed by atoms with E-state index in [0.717, 1.165) is 0 Å². The van der Waals surface area contributed by atoms with Crippen LogP contribution in [0.15, 0.2) is 0 Å². The molecule has 0 aliphatic heterocycles. The van der Waals surface area contributed by atoms with Gasteiger partial charge in [0.25, 0.3) is 0 Å². The molecule has 0 atom stereocenters. The van der Waals surface area contributed by atoms with E-state index in [9.17, 15) is 0 Å². The van der Waals surface area contributed by atoms with E-state index in [1.807, 2.05) is 0 Å². The predicted octanol–water partition coefficient (Wildman–Crippen LogP) is -13.3. The molecule has 0 aliphatic carbocycles. The van der Waals surface area contributed by atoms with Gasteiger partial charge in [-0.1, -0.05) is 0 Å². The van der Waals surface area contributed by atoms with Gasteiger partial charge in [-0.2, -0.15) is 0 Å². The van der Waals surface area contributed by atoms with E-state index >= 15 is 0 Å². The van der Waals surface area contributed by atoms with E-state index in [-0.39, 0.29) is 106 Å². The number of hydrogen-bond donors (Lipinski definition) is 0. The smallest absolute Gasteiger partial charge is 2.00 e. The molecule has 0 aromatic rings. The average Bonchev–Trinajstić information content (AvgIpc) is 1.94. The fourth-order valence-electron chi connectivity index (χ4n) is 0. The quantitative estimate of drug-likeness (QED) is 0.204. The first kappa shape index (κ1) is 57.1. The van der Waals surface area contributed by atoms with Crippen molar-refractivity contribution in [3.05, 3.63) is 0 Å². The largest absolute Gasteiger partial charge is 3.00 e. The van der Waals surface area contributed by atoms with Gasteiger partial charge in [-0.05, 0) is 0 Å². The molecule has 0 unspecified atom stereocenters. The molecule has 0 saturated carbocycles. The van der Waals surface area contributed by atoms with Crippen molar-refractivity contribution in [1.82, 2.24) is 0 Å². The SMILES string of the molecule is [O]=[Ti]([O-])[O-].[O]=[Ti]([O-])[O-].[O]=[Ti]([O-])[O-].[O]=[Ti]([O-])[O-].[O]=[Ti]([O-])[O-].[Pb+2].[Pb+2].[Sc+3].[Sc+3]. The summed E-state index contributed by atoms with van der Waals surface area (Å²) in [6.07, 6.45) is 0. The van der Waals surface area contributed by atoms with Gasteiger partial charge >= 0.3 is 253 Å². The Morgan fingerprint density at radius 3 is 0.333 bits per heavy atom. The summed E-state index contributed by atoms with van der Waals surface area (Å²) in [5, 5.41) is 0. The van der Waals surface area contributed by atoms with Crippen LogP contribution in [0.2, 0.25) is 0 Å². The summed E-state index contributed by atoms with van der Waals surface area (Å²) in [7, 11) is 0. The molecule has 0 aromatic heterocycles. The molecule has 0 bridgehead atoms. The Balaban J connectivity index is -0.0000000161. The van der Waals surface area contributed by atoms with Crippen molar-refractivity contribution in [3.8, 4) is 0 Å². The Morgan fingerprint density at radius 1 is 0.333 bits per heavy atom. The van der Waals surface area contributed by atoms with E-state index in [4.69, 9.17) is 53.5 Å². The molecule has 124 valence electrons. The molecule has 0 aliphatic rings. The van der Waals surface area contributed by atoms with E-state index in [0.29, 0.717) is 0 Å². The van der Waals surface area contributed by atoms with Crippen molar-refractivity contribution in [2.24, 2.45) is 0 Å². The number of rotatable bonds is 0. The van der Waals surface area contributed by atoms with Crippen molar-refractivity contribution in [1.29, 1.82) is 0 Å². The molecule has 0 N–H and O–H groups in total. The molecule has 0 fully saturated rings. The third-order valence-electron chi connectivity index (χ3n) is 0. The Kier molecular flexibility index (Phi) is 122. The van der Waals surface area contributed by atoms with E-state index in [1.165, 1.54) is 0 Å². The second kappa shape index (κ2) is 51.4. The van der Waals surface area contributed by atoms with Crippen LogP contribution in [-0.4, -0.2) is 54.6 Å². The fraction of sp³-hybridized carbons (Fsp3) is 0. The summed E-state index contributed by atoms with van der Waals surface area (Å²) in [6.45, 7) is 0. The molecule has 0 aromatic carbocycles. The van der Waals surface area contributed by atoms with Crippen LogP contribution in [0.4, 0.5) is 0 Å². The first-order valence-electron chi connectivity index (χ1n) is 3.06. The Morgan fingerprint density at radius 2 is 0.333 bits per heavy atom. The van der Waals surface area contributed by atoms with Gasteiger partial charge < -0.3 is 0 Å². The third-order valence-corrected chi connectivity index (χ3v) is 0. The van der Waals surface area contributed by atoms with Crippen molar-refractivity contribution in [3.63, 3.8) is 0 Å². The van der Waals surface area contributed by atoms with Gasteiger partial charge in [0.2, 0.25) is 0 Å². The maximum absolute atomic E-state index is 8.58. The van der Waals surface area contributed by atoms with E-state index < -0.39 is 93.1 Å². The standard InChI is InChI=1S/15O.2Pb.2Sc.5Ti/q;;;;;10*-1;2*+2;2*+3;;;;;. The second-order valence-corrected chi connectivity index (χ2v) is 5.15. The molecule has 0 heterocycles. The molecule has 24 heavy (non-hydrogen) atoms. The first-order chi connectivity index (χ1) is 8.66. The normalized spacial score (nSPS) is 5.42. The molecule has 4 radical (unpaired) electrons. The van der Waals surface area contributed by atoms with Crippen molar-refractivity contribution in [2.45, 2.75) is 0 Å². The Hall–Kier alpha value is 5.76. The molecule has 0 saturated heterocycles. The van der Waals surface area contributed by atoms with Crippen LogP contribution >= 0.6 is 0 Å². The average molecular weight is 984 g/mol. The zero-order chi connectivity index (χ0) is 17.9. The van der Waals surface area contributed by atoms with Gasteiger partial charge in [0, 0.05) is 0 Å². The van der Waals surface area contributed by atoms with Gasteiger partial charge in [-0.25, -0.2) is 0 Å². The molecular weight excluding hydrogens is 984 g/mol. The van der Waals surface area contributed by atoms with E-state index in [2.05, 4.69) is 0 Å². The summed E-state index contributed by atoms with van der Waals surface area (Å²) in [5.41, 5.74) is 0. The van der Waals surface area contributed by atoms with Crippen LogP contribution in [0.1, 0.15) is 0 Å². The molecular formula is O15Pb2Sc2Ti5. The summed E-state index contributed by atoms with van der Waals surface area (Å²) in [6, 6.07) is 0. The van der Waals surface area contributed by atoms with Crippen LogP contribution < -0.4 is 36.9 Å². The number of hydrogen-bond acceptors (Lipinski definition) is 15. The second-order valence-electron chi connectivity index (χ2n) is 1.25. The Bertz CT molecular complexity index is 221. The molecule has 0 amide bonds. The zero-order valence-corrected chi connectivity index (χ0v) is 30.0. The minimum atomic E-state index is -4.08. The van der Waals surface area contributed by atoms with Crippen LogP contribution in [-0.2, 0) is 161 Å². The fourth-order valence-corrected chi connectivity index (χ4v) is 0. The van der Waals surface area contributed by atoms with Gasteiger partial charge in [0.1, 0.15) is 0 Å². The third kappa shape index (κ3) is 600. The van der Waals surface area contributed by atoms with Crippen LogP contribution in [0.25, 0.3) is 0 Å². The minimum Gasteiger partial charge on any atom is 2.00 e. The van der Waals surface area contributed by atoms with Gasteiger partial charge in [-0.15, -0.1) is 0 Å². The zero-order valence-electron chi connectivity index (χ0n) is 10.8.